The fourth-order valence-electron chi connectivity index (χ4n) is 9.00. The van der Waals surface area contributed by atoms with Crippen molar-refractivity contribution < 1.29 is 73.8 Å². The SMILES string of the molecule is CC/C=C/C/C=C/C/C=C/CCCCCCCC(=O)O[C@@H](COC(=O)CCCCCCCCCCCCCCCCCCCCCCC)CO[C@@H]1O[C@H](CO[C@@H]2O[C@H](CO)[C@H](O)C(O)C2O)[C@H](O)C(O)C1O. The maximum Gasteiger partial charge on any atom is 0.306 e. The zero-order chi connectivity index (χ0) is 52.4. The second-order valence-corrected chi connectivity index (χ2v) is 20.1. The van der Waals surface area contributed by atoms with Gasteiger partial charge in [0.1, 0.15) is 55.4 Å². The number of carbonyl (C=O) groups excluding carboxylic acids is 2. The molecule has 2 heterocycles. The van der Waals surface area contributed by atoms with Crippen molar-refractivity contribution in [2.24, 2.45) is 0 Å². The van der Waals surface area contributed by atoms with Crippen LogP contribution < -0.4 is 0 Å². The molecule has 2 rings (SSSR count). The van der Waals surface area contributed by atoms with Gasteiger partial charge in [0.15, 0.2) is 18.7 Å². The molecule has 2 aliphatic heterocycles. The lowest BCUT2D eigenvalue weighted by Crippen LogP contribution is -2.61. The average molecular weight is 1030 g/mol. The molecule has 2 saturated heterocycles. The maximum absolute atomic E-state index is 13.0. The van der Waals surface area contributed by atoms with Crippen molar-refractivity contribution in [2.45, 2.75) is 287 Å². The molecule has 11 atom stereocenters. The maximum atomic E-state index is 13.0. The number of allylic oxidation sites excluding steroid dienone is 6. The molecule has 15 nitrogen and oxygen atoms in total. The third-order valence-corrected chi connectivity index (χ3v) is 13.6. The minimum Gasteiger partial charge on any atom is -0.462 e. The van der Waals surface area contributed by atoms with Crippen molar-refractivity contribution >= 4 is 11.9 Å². The fraction of sp³-hybridized carbons (Fsp3) is 0.860. The number of esters is 2. The van der Waals surface area contributed by atoms with Crippen molar-refractivity contribution in [2.75, 3.05) is 26.4 Å². The predicted octanol–water partition coefficient (Wildman–Crippen LogP) is 9.27. The van der Waals surface area contributed by atoms with Gasteiger partial charge in [0, 0.05) is 12.8 Å². The van der Waals surface area contributed by atoms with E-state index >= 15 is 0 Å². The molecule has 2 fully saturated rings. The first-order valence-corrected chi connectivity index (χ1v) is 28.6. The molecule has 0 amide bonds. The van der Waals surface area contributed by atoms with Gasteiger partial charge in [0.2, 0.25) is 0 Å². The normalized spacial score (nSPS) is 25.2. The first-order valence-electron chi connectivity index (χ1n) is 28.6. The van der Waals surface area contributed by atoms with E-state index in [9.17, 15) is 45.3 Å². The number of unbranched alkanes of at least 4 members (excludes halogenated alkanes) is 25. The predicted molar refractivity (Wildman–Crippen MR) is 280 cm³/mol. The van der Waals surface area contributed by atoms with Crippen molar-refractivity contribution in [3.05, 3.63) is 36.5 Å². The van der Waals surface area contributed by atoms with Crippen LogP contribution in [0.3, 0.4) is 0 Å². The van der Waals surface area contributed by atoms with Crippen LogP contribution in [0.2, 0.25) is 0 Å². The van der Waals surface area contributed by atoms with Gasteiger partial charge in [-0.15, -0.1) is 0 Å². The highest BCUT2D eigenvalue weighted by molar-refractivity contribution is 5.70. The number of aliphatic hydroxyl groups excluding tert-OH is 7. The Kier molecular flexibility index (Phi) is 40.1. The molecule has 420 valence electrons. The van der Waals surface area contributed by atoms with Crippen LogP contribution in [0.15, 0.2) is 36.5 Å². The monoisotopic (exact) mass is 1030 g/mol. The van der Waals surface area contributed by atoms with E-state index in [1.807, 2.05) is 0 Å². The molecule has 0 bridgehead atoms. The van der Waals surface area contributed by atoms with E-state index < -0.39 is 92.7 Å². The summed E-state index contributed by atoms with van der Waals surface area (Å²) in [4.78, 5) is 25.9. The number of hydrogen-bond donors (Lipinski definition) is 7. The molecule has 0 aliphatic carbocycles. The Hall–Kier alpha value is -2.28. The second kappa shape index (κ2) is 43.9. The van der Waals surface area contributed by atoms with Crippen LogP contribution in [-0.4, -0.2) is 142 Å². The van der Waals surface area contributed by atoms with Gasteiger partial charge >= 0.3 is 11.9 Å². The number of aliphatic hydroxyl groups is 7. The fourth-order valence-corrected chi connectivity index (χ4v) is 9.00. The second-order valence-electron chi connectivity index (χ2n) is 20.1. The smallest absolute Gasteiger partial charge is 0.306 e. The van der Waals surface area contributed by atoms with E-state index in [1.165, 1.54) is 109 Å². The topological polar surface area (TPSA) is 231 Å². The van der Waals surface area contributed by atoms with Crippen LogP contribution >= 0.6 is 0 Å². The molecular weight excluding hydrogens is 925 g/mol. The van der Waals surface area contributed by atoms with Gasteiger partial charge in [-0.3, -0.25) is 9.59 Å². The summed E-state index contributed by atoms with van der Waals surface area (Å²) in [6.07, 6.45) is 31.7. The highest BCUT2D eigenvalue weighted by atomic mass is 16.7. The number of hydrogen-bond acceptors (Lipinski definition) is 15. The van der Waals surface area contributed by atoms with Gasteiger partial charge in [-0.25, -0.2) is 0 Å². The summed E-state index contributed by atoms with van der Waals surface area (Å²) in [6, 6.07) is 0. The minimum atomic E-state index is -1.77. The lowest BCUT2D eigenvalue weighted by molar-refractivity contribution is -0.332. The van der Waals surface area contributed by atoms with E-state index in [0.717, 1.165) is 70.6 Å². The van der Waals surface area contributed by atoms with Crippen LogP contribution in [0, 0.1) is 0 Å². The third-order valence-electron chi connectivity index (χ3n) is 13.6. The summed E-state index contributed by atoms with van der Waals surface area (Å²) < 4.78 is 33.7. The summed E-state index contributed by atoms with van der Waals surface area (Å²) >= 11 is 0. The average Bonchev–Trinajstić information content (AvgIpc) is 3.37. The summed E-state index contributed by atoms with van der Waals surface area (Å²) in [7, 11) is 0. The van der Waals surface area contributed by atoms with Gasteiger partial charge < -0.3 is 64.2 Å². The highest BCUT2D eigenvalue weighted by Crippen LogP contribution is 2.27. The van der Waals surface area contributed by atoms with Crippen LogP contribution in [0.1, 0.15) is 219 Å². The van der Waals surface area contributed by atoms with E-state index in [-0.39, 0.29) is 26.1 Å². The largest absolute Gasteiger partial charge is 0.462 e. The van der Waals surface area contributed by atoms with Gasteiger partial charge in [-0.05, 0) is 44.9 Å². The number of carbonyl (C=O) groups is 2. The first kappa shape index (κ1) is 65.8. The summed E-state index contributed by atoms with van der Waals surface area (Å²) in [5, 5.41) is 72.2. The summed E-state index contributed by atoms with van der Waals surface area (Å²) in [6.45, 7) is 2.49. The molecule has 0 spiro atoms. The molecule has 0 aromatic rings. The van der Waals surface area contributed by atoms with E-state index in [2.05, 4.69) is 50.3 Å². The van der Waals surface area contributed by atoms with Crippen LogP contribution in [0.4, 0.5) is 0 Å². The molecular formula is C57H102O15. The minimum absolute atomic E-state index is 0.147. The quantitative estimate of drug-likeness (QED) is 0.0171. The van der Waals surface area contributed by atoms with Crippen LogP contribution in [0.25, 0.3) is 0 Å². The Balaban J connectivity index is 1.74. The van der Waals surface area contributed by atoms with Crippen molar-refractivity contribution in [1.82, 2.24) is 0 Å². The Bertz CT molecular complexity index is 1390. The molecule has 2 aliphatic rings. The standard InChI is InChI=1S/C57H102O15/c1-3-5-7-9-11-13-15-17-19-20-21-22-23-24-26-27-29-31-33-35-37-39-48(59)67-42-45(70-49(60)40-38-36-34-32-30-28-25-18-16-14-12-10-8-6-4-2)43-68-56-55(66)53(64)51(62)47(72-56)44-69-57-54(65)52(63)50(61)46(41-58)71-57/h6,8,12,14,18,25,45-47,50-58,61-66H,3-5,7,9-11,13,15-17,19-24,26-44H2,1-2H3/b8-6+,14-12+,25-18+/t45-,46+,47+,50-,51-,52?,53?,54?,55?,56+,57+/m0/s1. The van der Waals surface area contributed by atoms with Gasteiger partial charge in [-0.1, -0.05) is 198 Å². The highest BCUT2D eigenvalue weighted by Gasteiger charge is 2.47. The third kappa shape index (κ3) is 30.9. The molecule has 72 heavy (non-hydrogen) atoms. The first-order chi connectivity index (χ1) is 35.0. The zero-order valence-corrected chi connectivity index (χ0v) is 44.7. The Morgan fingerprint density at radius 3 is 1.38 bits per heavy atom. The van der Waals surface area contributed by atoms with E-state index in [0.29, 0.717) is 12.8 Å². The van der Waals surface area contributed by atoms with Crippen LogP contribution in [0.5, 0.6) is 0 Å². The van der Waals surface area contributed by atoms with Crippen molar-refractivity contribution in [1.29, 1.82) is 0 Å². The Labute approximate surface area is 434 Å². The molecule has 0 aromatic heterocycles. The molecule has 0 aromatic carbocycles. The molecule has 0 radical (unpaired) electrons. The lowest BCUT2D eigenvalue weighted by Gasteiger charge is -2.42. The van der Waals surface area contributed by atoms with Crippen LogP contribution in [-0.2, 0) is 38.0 Å². The number of ether oxygens (including phenoxy) is 6. The van der Waals surface area contributed by atoms with Crippen molar-refractivity contribution in [3.8, 4) is 0 Å². The summed E-state index contributed by atoms with van der Waals surface area (Å²) in [5.74, 6) is -0.936. The van der Waals surface area contributed by atoms with Gasteiger partial charge in [-0.2, -0.15) is 0 Å². The molecule has 15 heteroatoms. The Morgan fingerprint density at radius 2 is 0.875 bits per heavy atom. The zero-order valence-electron chi connectivity index (χ0n) is 44.7. The van der Waals surface area contributed by atoms with E-state index in [4.69, 9.17) is 28.4 Å². The summed E-state index contributed by atoms with van der Waals surface area (Å²) in [5.41, 5.74) is 0. The number of rotatable bonds is 45. The molecule has 7 N–H and O–H groups in total. The van der Waals surface area contributed by atoms with E-state index in [1.54, 1.807) is 0 Å². The van der Waals surface area contributed by atoms with Crippen molar-refractivity contribution in [3.63, 3.8) is 0 Å². The molecule has 4 unspecified atom stereocenters. The Morgan fingerprint density at radius 1 is 0.458 bits per heavy atom. The molecule has 0 saturated carbocycles. The van der Waals surface area contributed by atoms with Gasteiger partial charge in [0.05, 0.1) is 19.8 Å². The lowest BCUT2D eigenvalue weighted by atomic mass is 9.98. The van der Waals surface area contributed by atoms with Gasteiger partial charge in [0.25, 0.3) is 0 Å².